The lowest BCUT2D eigenvalue weighted by molar-refractivity contribution is -0.263. The zero-order valence-corrected chi connectivity index (χ0v) is 29.9. The first kappa shape index (κ1) is 31.0. The number of ether oxygens (including phenoxy) is 1. The first-order valence-electron chi connectivity index (χ1n) is 16.1. The Labute approximate surface area is 296 Å². The van der Waals surface area contributed by atoms with Crippen LogP contribution in [0.3, 0.4) is 0 Å². The molecular formula is C32H32N6O7S4. The number of nitrogens with zero attached hydrogens (tertiary/aromatic N) is 4. The fourth-order valence-corrected chi connectivity index (χ4v) is 18.8. The molecule has 49 heavy (non-hydrogen) atoms. The van der Waals surface area contributed by atoms with E-state index < -0.39 is 75.3 Å². The van der Waals surface area contributed by atoms with E-state index in [-0.39, 0.29) is 17.7 Å². The van der Waals surface area contributed by atoms with E-state index in [1.165, 1.54) is 53.2 Å². The second-order valence-corrected chi connectivity index (χ2v) is 20.3. The van der Waals surface area contributed by atoms with Gasteiger partial charge >= 0.3 is 0 Å². The third kappa shape index (κ3) is 2.78. The van der Waals surface area contributed by atoms with E-state index in [0.717, 1.165) is 4.90 Å². The Morgan fingerprint density at radius 3 is 2.06 bits per heavy atom. The second-order valence-electron chi connectivity index (χ2n) is 14.2. The van der Waals surface area contributed by atoms with E-state index in [2.05, 4.69) is 10.6 Å². The van der Waals surface area contributed by atoms with Crippen LogP contribution in [0, 0.1) is 5.92 Å². The number of likely N-dealkylation sites (N-methyl/N-ethyl adjacent to an activating group) is 2. The third-order valence-electron chi connectivity index (χ3n) is 12.5. The lowest BCUT2D eigenvalue weighted by atomic mass is 9.50. The van der Waals surface area contributed by atoms with Crippen molar-refractivity contribution < 1.29 is 34.1 Å². The Kier molecular flexibility index (Phi) is 5.91. The molecule has 4 amide bonds. The molecule has 2 aromatic carbocycles. The SMILES string of the molecule is CC(C)[C@@]12SSSS[C@]3(C(=O)N1C)[C@H]1O[C@@]45C(=O)N(C)[C@@H](CO)C(=O)N4[C@@H]4Nc6ccccc6[C@@]4([C@@H]5O)[C@]14c1ccccc1N[C@@H]4N3C2=O. The van der Waals surface area contributed by atoms with Crippen LogP contribution in [0.15, 0.2) is 48.5 Å². The quantitative estimate of drug-likeness (QED) is 0.330. The van der Waals surface area contributed by atoms with Gasteiger partial charge in [-0.2, -0.15) is 0 Å². The zero-order valence-electron chi connectivity index (χ0n) is 26.6. The number of benzene rings is 2. The Morgan fingerprint density at radius 1 is 0.837 bits per heavy atom. The molecular weight excluding hydrogens is 709 g/mol. The minimum Gasteiger partial charge on any atom is -0.394 e. The first-order chi connectivity index (χ1) is 23.5. The number of carbonyl (C=O) groups excluding carboxylic acids is 4. The topological polar surface area (TPSA) is 155 Å². The van der Waals surface area contributed by atoms with Crippen molar-refractivity contribution in [1.82, 2.24) is 19.6 Å². The van der Waals surface area contributed by atoms with E-state index in [9.17, 15) is 19.8 Å². The van der Waals surface area contributed by atoms with E-state index >= 15 is 9.59 Å². The molecule has 0 radical (unpaired) electrons. The van der Waals surface area contributed by atoms with E-state index in [0.29, 0.717) is 22.5 Å². The summed E-state index contributed by atoms with van der Waals surface area (Å²) < 4.78 is 7.21. The molecule has 0 saturated carbocycles. The van der Waals surface area contributed by atoms with Gasteiger partial charge in [0, 0.05) is 25.5 Å². The van der Waals surface area contributed by atoms with Gasteiger partial charge in [0.2, 0.25) is 4.87 Å². The number of aliphatic hydroxyl groups excluding tert-OH is 2. The molecule has 13 nitrogen and oxygen atoms in total. The molecule has 4 bridgehead atoms. The van der Waals surface area contributed by atoms with Crippen molar-refractivity contribution >= 4 is 76.2 Å². The summed E-state index contributed by atoms with van der Waals surface area (Å²) in [5, 5.41) is 30.8. The van der Waals surface area contributed by atoms with Gasteiger partial charge in [0.25, 0.3) is 29.4 Å². The summed E-state index contributed by atoms with van der Waals surface area (Å²) in [5.74, 6) is -2.21. The standard InChI is InChI=1S/C32H32N6O7S4/c1-14(2)31-27(44)38-24-29(16-10-6-8-12-18(16)34-24)22(32(38,26(43)36(31)4)47-49-48-46-31)45-30-21(41)28(29)15-9-5-7-11-17(15)33-23(28)37(30)20(40)19(13-39)35(3)25(30)42/h5-12,14,19,21-24,33-34,39,41H,13H2,1-4H3/t19-,21-,22-,23-,24+,28-,29+,30-,31-,32-/m0/s1. The van der Waals surface area contributed by atoms with Crippen LogP contribution in [-0.2, 0) is 34.7 Å². The maximum atomic E-state index is 15.5. The molecule has 256 valence electrons. The van der Waals surface area contributed by atoms with Gasteiger partial charge in [-0.15, -0.1) is 0 Å². The van der Waals surface area contributed by atoms with Gasteiger partial charge in [-0.25, -0.2) is 0 Å². The van der Waals surface area contributed by atoms with Crippen LogP contribution < -0.4 is 10.6 Å². The largest absolute Gasteiger partial charge is 0.394 e. The smallest absolute Gasteiger partial charge is 0.279 e. The van der Waals surface area contributed by atoms with Crippen molar-refractivity contribution in [3.63, 3.8) is 0 Å². The van der Waals surface area contributed by atoms with Crippen molar-refractivity contribution in [3.8, 4) is 0 Å². The second kappa shape index (κ2) is 9.35. The van der Waals surface area contributed by atoms with Gasteiger partial charge < -0.3 is 35.4 Å². The van der Waals surface area contributed by atoms with Crippen LogP contribution in [0.1, 0.15) is 25.0 Å². The number of hydrogen-bond acceptors (Lipinski definition) is 13. The van der Waals surface area contributed by atoms with Crippen LogP contribution in [-0.4, -0.2) is 120 Å². The minimum atomic E-state index is -2.28. The summed E-state index contributed by atoms with van der Waals surface area (Å²) >= 11 is 0. The predicted molar refractivity (Wildman–Crippen MR) is 185 cm³/mol. The molecule has 7 saturated heterocycles. The van der Waals surface area contributed by atoms with Gasteiger partial charge in [0.15, 0.2) is 4.87 Å². The van der Waals surface area contributed by atoms with E-state index in [4.69, 9.17) is 4.74 Å². The van der Waals surface area contributed by atoms with Gasteiger partial charge in [0.1, 0.15) is 30.6 Å². The van der Waals surface area contributed by atoms with E-state index in [1.807, 2.05) is 62.4 Å². The Hall–Kier alpha value is -2.80. The normalized spacial score (nSPS) is 43.7. The Balaban J connectivity index is 1.37. The summed E-state index contributed by atoms with van der Waals surface area (Å²) in [4.78, 5) is 63.0. The molecule has 4 N–H and O–H groups in total. The number of amides is 4. The number of anilines is 2. The maximum absolute atomic E-state index is 15.5. The molecule has 2 aromatic rings. The number of fused-ring (bicyclic) bond motifs is 7. The van der Waals surface area contributed by atoms with Crippen molar-refractivity contribution in [1.29, 1.82) is 0 Å². The predicted octanol–water partition coefficient (Wildman–Crippen LogP) is 1.55. The highest BCUT2D eigenvalue weighted by Gasteiger charge is 2.95. The van der Waals surface area contributed by atoms with Crippen LogP contribution >= 0.6 is 41.2 Å². The van der Waals surface area contributed by atoms with Crippen molar-refractivity contribution in [2.45, 2.75) is 70.7 Å². The highest BCUT2D eigenvalue weighted by Crippen LogP contribution is 2.79. The van der Waals surface area contributed by atoms with Crippen LogP contribution in [0.4, 0.5) is 11.4 Å². The Bertz CT molecular complexity index is 1940. The molecule has 4 spiro atoms. The van der Waals surface area contributed by atoms with Gasteiger partial charge in [-0.3, -0.25) is 29.0 Å². The molecule has 7 fully saturated rings. The van der Waals surface area contributed by atoms with Crippen molar-refractivity contribution in [2.24, 2.45) is 5.92 Å². The number of carbonyl (C=O) groups is 4. The summed E-state index contributed by atoms with van der Waals surface area (Å²) in [6.07, 6.45) is -4.89. The number of aliphatic hydroxyl groups is 2. The average Bonchev–Trinajstić information content (AvgIpc) is 3.71. The molecule has 0 unspecified atom stereocenters. The lowest BCUT2D eigenvalue weighted by Crippen LogP contribution is -2.81. The van der Waals surface area contributed by atoms with Crippen molar-refractivity contribution in [2.75, 3.05) is 31.3 Å². The molecule has 10 atom stereocenters. The molecule has 9 heterocycles. The molecule has 0 aliphatic carbocycles. The summed E-state index contributed by atoms with van der Waals surface area (Å²) in [7, 11) is 8.45. The summed E-state index contributed by atoms with van der Waals surface area (Å²) in [5.41, 5.74) is -2.51. The number of hydrogen-bond donors (Lipinski definition) is 4. The number of nitrogens with one attached hydrogen (secondary N) is 2. The Morgan fingerprint density at radius 2 is 1.43 bits per heavy atom. The fourth-order valence-electron chi connectivity index (χ4n) is 10.7. The highest BCUT2D eigenvalue weighted by atomic mass is 33.7. The first-order valence-corrected chi connectivity index (χ1v) is 20.9. The number of para-hydroxylation sites is 2. The molecule has 9 aliphatic heterocycles. The van der Waals surface area contributed by atoms with Crippen LogP contribution in [0.2, 0.25) is 0 Å². The summed E-state index contributed by atoms with van der Waals surface area (Å²) in [6.45, 7) is 3.23. The fraction of sp³-hybridized carbons (Fsp3) is 0.500. The zero-order chi connectivity index (χ0) is 34.2. The maximum Gasteiger partial charge on any atom is 0.279 e. The minimum absolute atomic E-state index is 0.270. The van der Waals surface area contributed by atoms with Crippen LogP contribution in [0.25, 0.3) is 0 Å². The molecule has 11 rings (SSSR count). The van der Waals surface area contributed by atoms with Gasteiger partial charge in [-0.1, -0.05) is 50.2 Å². The van der Waals surface area contributed by atoms with E-state index in [1.54, 1.807) is 16.8 Å². The van der Waals surface area contributed by atoms with Gasteiger partial charge in [0.05, 0.1) is 17.4 Å². The number of piperazine rings is 2. The summed E-state index contributed by atoms with van der Waals surface area (Å²) in [6, 6.07) is 13.8. The van der Waals surface area contributed by atoms with Crippen LogP contribution in [0.5, 0.6) is 0 Å². The molecule has 0 aromatic heterocycles. The average molecular weight is 741 g/mol. The third-order valence-corrected chi connectivity index (χ3v) is 20.1. The molecule has 17 heteroatoms. The monoisotopic (exact) mass is 740 g/mol. The van der Waals surface area contributed by atoms with Crippen molar-refractivity contribution in [3.05, 3.63) is 59.7 Å². The van der Waals surface area contributed by atoms with Gasteiger partial charge in [-0.05, 0) is 70.4 Å². The lowest BCUT2D eigenvalue weighted by Gasteiger charge is -2.59. The highest BCUT2D eigenvalue weighted by molar-refractivity contribution is 9.26. The molecule has 9 aliphatic rings. The number of rotatable bonds is 2.